The van der Waals surface area contributed by atoms with Crippen molar-refractivity contribution >= 4 is 35.7 Å². The van der Waals surface area contributed by atoms with Crippen LogP contribution in [0, 0.1) is 6.92 Å². The monoisotopic (exact) mass is 326 g/mol. The Morgan fingerprint density at radius 1 is 1.44 bits per heavy atom. The molecule has 0 saturated carbocycles. The van der Waals surface area contributed by atoms with Gasteiger partial charge in [0.15, 0.2) is 0 Å². The van der Waals surface area contributed by atoms with Crippen molar-refractivity contribution in [1.29, 1.82) is 0 Å². The van der Waals surface area contributed by atoms with E-state index in [1.54, 1.807) is 0 Å². The summed E-state index contributed by atoms with van der Waals surface area (Å²) in [6, 6.07) is 5.62. The third-order valence-corrected chi connectivity index (χ3v) is 4.04. The molecule has 1 rings (SSSR count). The second kappa shape index (κ2) is 5.89. The highest BCUT2D eigenvalue weighted by Gasteiger charge is 2.04. The van der Waals surface area contributed by atoms with Crippen molar-refractivity contribution in [2.24, 2.45) is 0 Å². The zero-order chi connectivity index (χ0) is 12.2. The van der Waals surface area contributed by atoms with Crippen LogP contribution in [-0.2, 0) is 9.05 Å². The van der Waals surface area contributed by atoms with Gasteiger partial charge in [-0.05, 0) is 31.0 Å². The van der Waals surface area contributed by atoms with Gasteiger partial charge in [-0.15, -0.1) is 0 Å². The van der Waals surface area contributed by atoms with E-state index in [9.17, 15) is 8.42 Å². The minimum Gasteiger partial charge on any atom is -0.494 e. The maximum absolute atomic E-state index is 10.6. The van der Waals surface area contributed by atoms with E-state index in [0.29, 0.717) is 18.8 Å². The molecule has 0 spiro atoms. The van der Waals surface area contributed by atoms with Crippen LogP contribution in [0.25, 0.3) is 0 Å². The summed E-state index contributed by atoms with van der Waals surface area (Å²) in [6.45, 7) is 2.31. The fraction of sp³-hybridized carbons (Fsp3) is 0.400. The summed E-state index contributed by atoms with van der Waals surface area (Å²) in [6.07, 6.45) is 0.386. The largest absolute Gasteiger partial charge is 0.494 e. The van der Waals surface area contributed by atoms with Gasteiger partial charge in [-0.1, -0.05) is 22.0 Å². The van der Waals surface area contributed by atoms with Crippen LogP contribution in [0.5, 0.6) is 5.75 Å². The summed E-state index contributed by atoms with van der Waals surface area (Å²) in [5, 5.41) is 0. The molecule has 0 unspecified atom stereocenters. The highest BCUT2D eigenvalue weighted by molar-refractivity contribution is 9.10. The van der Waals surface area contributed by atoms with Gasteiger partial charge < -0.3 is 4.74 Å². The standard InChI is InChI=1S/C10H12BrClO3S/c1-8-3-4-9(7-10(8)11)15-5-2-6-16(12,13)14/h3-4,7H,2,5-6H2,1H3. The molecular weight excluding hydrogens is 316 g/mol. The Morgan fingerprint density at radius 2 is 2.12 bits per heavy atom. The lowest BCUT2D eigenvalue weighted by atomic mass is 10.2. The number of hydrogen-bond acceptors (Lipinski definition) is 3. The Kier molecular flexibility index (Phi) is 5.08. The third-order valence-electron chi connectivity index (χ3n) is 1.94. The van der Waals surface area contributed by atoms with Crippen LogP contribution in [0.1, 0.15) is 12.0 Å². The smallest absolute Gasteiger partial charge is 0.232 e. The average Bonchev–Trinajstić information content (AvgIpc) is 2.17. The molecule has 0 aromatic heterocycles. The Labute approximate surface area is 108 Å². The summed E-state index contributed by atoms with van der Waals surface area (Å²) in [5.41, 5.74) is 1.12. The molecule has 0 radical (unpaired) electrons. The maximum Gasteiger partial charge on any atom is 0.232 e. The zero-order valence-electron chi connectivity index (χ0n) is 8.74. The van der Waals surface area contributed by atoms with Gasteiger partial charge in [-0.2, -0.15) is 0 Å². The van der Waals surface area contributed by atoms with E-state index in [4.69, 9.17) is 15.4 Å². The van der Waals surface area contributed by atoms with Crippen molar-refractivity contribution < 1.29 is 13.2 Å². The molecule has 0 fully saturated rings. The molecule has 0 aliphatic carbocycles. The summed E-state index contributed by atoms with van der Waals surface area (Å²) in [7, 11) is 1.66. The maximum atomic E-state index is 10.6. The van der Waals surface area contributed by atoms with Gasteiger partial charge in [-0.3, -0.25) is 0 Å². The molecule has 0 heterocycles. The summed E-state index contributed by atoms with van der Waals surface area (Å²) in [5.74, 6) is 0.645. The Balaban J connectivity index is 2.41. The Hall–Kier alpha value is -0.260. The minimum absolute atomic E-state index is 0.0679. The van der Waals surface area contributed by atoms with Crippen LogP contribution < -0.4 is 4.74 Å². The first kappa shape index (κ1) is 13.8. The first-order chi connectivity index (χ1) is 7.38. The molecule has 3 nitrogen and oxygen atoms in total. The number of ether oxygens (including phenoxy) is 1. The Bertz CT molecular complexity index is 459. The van der Waals surface area contributed by atoms with Gasteiger partial charge in [0.25, 0.3) is 0 Å². The normalized spacial score (nSPS) is 11.4. The van der Waals surface area contributed by atoms with Crippen LogP contribution >= 0.6 is 26.6 Å². The van der Waals surface area contributed by atoms with E-state index in [1.165, 1.54) is 0 Å². The van der Waals surface area contributed by atoms with Crippen molar-refractivity contribution in [2.45, 2.75) is 13.3 Å². The predicted octanol–water partition coefficient (Wildman–Crippen LogP) is 3.10. The first-order valence-corrected chi connectivity index (χ1v) is 7.97. The summed E-state index contributed by atoms with van der Waals surface area (Å²) >= 11 is 3.39. The van der Waals surface area contributed by atoms with Crippen LogP contribution in [-0.4, -0.2) is 20.8 Å². The lowest BCUT2D eigenvalue weighted by Crippen LogP contribution is -2.04. The van der Waals surface area contributed by atoms with Gasteiger partial charge in [0, 0.05) is 15.2 Å². The molecule has 0 N–H and O–H groups in total. The Morgan fingerprint density at radius 3 is 2.69 bits per heavy atom. The molecule has 90 valence electrons. The minimum atomic E-state index is -3.41. The highest BCUT2D eigenvalue weighted by atomic mass is 79.9. The van der Waals surface area contributed by atoms with E-state index < -0.39 is 9.05 Å². The highest BCUT2D eigenvalue weighted by Crippen LogP contribution is 2.22. The van der Waals surface area contributed by atoms with Crippen molar-refractivity contribution in [3.63, 3.8) is 0 Å². The first-order valence-electron chi connectivity index (χ1n) is 4.70. The summed E-state index contributed by atoms with van der Waals surface area (Å²) in [4.78, 5) is 0. The topological polar surface area (TPSA) is 43.4 Å². The van der Waals surface area contributed by atoms with Crippen LogP contribution in [0.4, 0.5) is 0 Å². The molecule has 0 aliphatic heterocycles. The lowest BCUT2D eigenvalue weighted by molar-refractivity contribution is 0.317. The predicted molar refractivity (Wildman–Crippen MR) is 68.6 cm³/mol. The van der Waals surface area contributed by atoms with E-state index >= 15 is 0 Å². The van der Waals surface area contributed by atoms with E-state index in [1.807, 2.05) is 25.1 Å². The van der Waals surface area contributed by atoms with Gasteiger partial charge in [0.05, 0.1) is 12.4 Å². The molecular formula is C10H12BrClO3S. The van der Waals surface area contributed by atoms with Gasteiger partial charge in [-0.25, -0.2) is 8.42 Å². The zero-order valence-corrected chi connectivity index (χ0v) is 11.9. The second-order valence-electron chi connectivity index (χ2n) is 3.36. The van der Waals surface area contributed by atoms with E-state index in [2.05, 4.69) is 15.9 Å². The fourth-order valence-electron chi connectivity index (χ4n) is 1.08. The van der Waals surface area contributed by atoms with Crippen molar-refractivity contribution in [3.8, 4) is 5.75 Å². The molecule has 0 aliphatic rings. The molecule has 0 bridgehead atoms. The average molecular weight is 328 g/mol. The quantitative estimate of drug-likeness (QED) is 0.616. The van der Waals surface area contributed by atoms with Crippen LogP contribution in [0.15, 0.2) is 22.7 Å². The number of hydrogen-bond donors (Lipinski definition) is 0. The lowest BCUT2D eigenvalue weighted by Gasteiger charge is -2.06. The molecule has 0 atom stereocenters. The molecule has 1 aromatic rings. The van der Waals surface area contributed by atoms with E-state index in [0.717, 1.165) is 10.0 Å². The number of rotatable bonds is 5. The second-order valence-corrected chi connectivity index (χ2v) is 7.11. The van der Waals surface area contributed by atoms with Crippen molar-refractivity contribution in [2.75, 3.05) is 12.4 Å². The SMILES string of the molecule is Cc1ccc(OCCCS(=O)(=O)Cl)cc1Br. The van der Waals surface area contributed by atoms with Gasteiger partial charge in [0.2, 0.25) is 9.05 Å². The fourth-order valence-corrected chi connectivity index (χ4v) is 2.23. The van der Waals surface area contributed by atoms with Gasteiger partial charge in [0.1, 0.15) is 5.75 Å². The molecule has 16 heavy (non-hydrogen) atoms. The number of halogens is 2. The molecule has 1 aromatic carbocycles. The van der Waals surface area contributed by atoms with E-state index in [-0.39, 0.29) is 5.75 Å². The van der Waals surface area contributed by atoms with Crippen molar-refractivity contribution in [3.05, 3.63) is 28.2 Å². The number of aryl methyl sites for hydroxylation is 1. The van der Waals surface area contributed by atoms with Gasteiger partial charge >= 0.3 is 0 Å². The molecule has 6 heteroatoms. The van der Waals surface area contributed by atoms with Crippen LogP contribution in [0.3, 0.4) is 0 Å². The summed E-state index contributed by atoms with van der Waals surface area (Å²) < 4.78 is 27.6. The molecule has 0 amide bonds. The van der Waals surface area contributed by atoms with Crippen LogP contribution in [0.2, 0.25) is 0 Å². The van der Waals surface area contributed by atoms with Crippen molar-refractivity contribution in [1.82, 2.24) is 0 Å². The molecule has 0 saturated heterocycles. The number of benzene rings is 1. The third kappa shape index (κ3) is 5.18.